The lowest BCUT2D eigenvalue weighted by molar-refractivity contribution is -0.108. The van der Waals surface area contributed by atoms with Gasteiger partial charge in [0.1, 0.15) is 18.4 Å². The van der Waals surface area contributed by atoms with Gasteiger partial charge in [-0.3, -0.25) is 9.69 Å². The van der Waals surface area contributed by atoms with Crippen molar-refractivity contribution in [2.45, 2.75) is 0 Å². The van der Waals surface area contributed by atoms with Crippen molar-refractivity contribution >= 4 is 12.1 Å². The maximum atomic E-state index is 12.9. The van der Waals surface area contributed by atoms with E-state index in [2.05, 4.69) is 0 Å². The summed E-state index contributed by atoms with van der Waals surface area (Å²) in [4.78, 5) is 11.0. The van der Waals surface area contributed by atoms with E-state index in [1.54, 1.807) is 0 Å². The van der Waals surface area contributed by atoms with E-state index in [1.165, 1.54) is 0 Å². The number of hydrogen-bond acceptors (Lipinski definition) is 2. The number of benzene rings is 1. The molecule has 0 aromatic heterocycles. The Bertz CT molecular complexity index is 317. The van der Waals surface area contributed by atoms with Crippen LogP contribution in [0.15, 0.2) is 18.2 Å². The van der Waals surface area contributed by atoms with Crippen molar-refractivity contribution < 1.29 is 18.7 Å². The molecule has 0 bridgehead atoms. The number of nitrogens with zero attached hydrogens (tertiary/aromatic N) is 1. The van der Waals surface area contributed by atoms with Crippen LogP contribution in [0.4, 0.5) is 14.5 Å². The van der Waals surface area contributed by atoms with E-state index >= 15 is 0 Å². The molecule has 1 rings (SSSR count). The molecule has 0 fully saturated rings. The van der Waals surface area contributed by atoms with Gasteiger partial charge in [0, 0.05) is 6.07 Å². The average molecular weight is 187 g/mol. The summed E-state index contributed by atoms with van der Waals surface area (Å²) in [5.41, 5.74) is -0.154. The number of amides is 1. The first-order valence-corrected chi connectivity index (χ1v) is 3.47. The Labute approximate surface area is 73.2 Å². The van der Waals surface area contributed by atoms with Gasteiger partial charge in [0.2, 0.25) is 6.41 Å². The summed E-state index contributed by atoms with van der Waals surface area (Å²) in [7, 11) is 0. The normalized spacial score (nSPS) is 9.77. The molecule has 0 saturated carbocycles. The molecule has 13 heavy (non-hydrogen) atoms. The lowest BCUT2D eigenvalue weighted by Gasteiger charge is -2.14. The highest BCUT2D eigenvalue weighted by molar-refractivity contribution is 5.74. The molecule has 1 aromatic carbocycles. The molecule has 0 aliphatic carbocycles. The molecular weight excluding hydrogens is 180 g/mol. The number of aliphatic hydroxyl groups is 1. The van der Waals surface area contributed by atoms with Gasteiger partial charge in [-0.1, -0.05) is 0 Å². The molecule has 0 atom stereocenters. The van der Waals surface area contributed by atoms with Crippen LogP contribution in [0.5, 0.6) is 0 Å². The molecule has 3 nitrogen and oxygen atoms in total. The molecule has 70 valence electrons. The smallest absolute Gasteiger partial charge is 0.216 e. The second kappa shape index (κ2) is 3.95. The number of carbonyl (C=O) groups is 1. The van der Waals surface area contributed by atoms with Crippen molar-refractivity contribution in [2.24, 2.45) is 0 Å². The molecule has 0 unspecified atom stereocenters. The second-order valence-electron chi connectivity index (χ2n) is 2.31. The Morgan fingerprint density at radius 2 is 2.15 bits per heavy atom. The van der Waals surface area contributed by atoms with Gasteiger partial charge in [-0.25, -0.2) is 8.78 Å². The summed E-state index contributed by atoms with van der Waals surface area (Å²) >= 11 is 0. The number of aliphatic hydroxyl groups excluding tert-OH is 1. The van der Waals surface area contributed by atoms with Gasteiger partial charge in [-0.05, 0) is 12.1 Å². The fourth-order valence-corrected chi connectivity index (χ4v) is 0.880. The zero-order valence-corrected chi connectivity index (χ0v) is 6.58. The van der Waals surface area contributed by atoms with Crippen molar-refractivity contribution in [1.82, 2.24) is 0 Å². The predicted molar refractivity (Wildman–Crippen MR) is 42.0 cm³/mol. The number of carbonyl (C=O) groups excluding carboxylic acids is 1. The maximum absolute atomic E-state index is 12.9. The maximum Gasteiger partial charge on any atom is 0.216 e. The molecule has 0 aliphatic heterocycles. The third kappa shape index (κ3) is 2.00. The molecular formula is C8H7F2NO2. The second-order valence-corrected chi connectivity index (χ2v) is 2.31. The predicted octanol–water partition coefficient (Wildman–Crippen LogP) is 0.877. The van der Waals surface area contributed by atoms with E-state index in [0.717, 1.165) is 17.0 Å². The number of anilines is 1. The van der Waals surface area contributed by atoms with E-state index in [-0.39, 0.29) is 12.1 Å². The molecule has 0 spiro atoms. The monoisotopic (exact) mass is 187 g/mol. The van der Waals surface area contributed by atoms with Crippen LogP contribution in [-0.4, -0.2) is 18.2 Å². The average Bonchev–Trinajstić information content (AvgIpc) is 2.10. The van der Waals surface area contributed by atoms with Gasteiger partial charge < -0.3 is 5.11 Å². The van der Waals surface area contributed by atoms with E-state index in [9.17, 15) is 13.6 Å². The fourth-order valence-electron chi connectivity index (χ4n) is 0.880. The Hall–Kier alpha value is -1.49. The summed E-state index contributed by atoms with van der Waals surface area (Å²) in [6.07, 6.45) is 0.260. The standard InChI is InChI=1S/C8H7F2NO2/c9-6-1-2-8(7(10)3-6)11(4-12)5-13/h1-4,13H,5H2. The summed E-state index contributed by atoms with van der Waals surface area (Å²) < 4.78 is 25.3. The van der Waals surface area contributed by atoms with Crippen molar-refractivity contribution in [1.29, 1.82) is 0 Å². The third-order valence-electron chi connectivity index (χ3n) is 1.50. The van der Waals surface area contributed by atoms with Crippen molar-refractivity contribution in [3.8, 4) is 0 Å². The Morgan fingerprint density at radius 1 is 1.46 bits per heavy atom. The van der Waals surface area contributed by atoms with Crippen molar-refractivity contribution in [3.63, 3.8) is 0 Å². The number of hydrogen-bond donors (Lipinski definition) is 1. The van der Waals surface area contributed by atoms with Gasteiger partial charge >= 0.3 is 0 Å². The zero-order chi connectivity index (χ0) is 9.84. The van der Waals surface area contributed by atoms with Crippen LogP contribution in [0.25, 0.3) is 0 Å². The van der Waals surface area contributed by atoms with Gasteiger partial charge in [0.15, 0.2) is 0 Å². The number of rotatable bonds is 3. The zero-order valence-electron chi connectivity index (χ0n) is 6.58. The minimum Gasteiger partial charge on any atom is -0.376 e. The highest BCUT2D eigenvalue weighted by atomic mass is 19.1. The molecule has 1 aromatic rings. The van der Waals surface area contributed by atoms with Gasteiger partial charge in [0.05, 0.1) is 5.69 Å². The van der Waals surface area contributed by atoms with Crippen LogP contribution in [0, 0.1) is 11.6 Å². The largest absolute Gasteiger partial charge is 0.376 e. The Morgan fingerprint density at radius 3 is 2.62 bits per heavy atom. The number of halogens is 2. The molecule has 0 radical (unpaired) electrons. The summed E-state index contributed by atoms with van der Waals surface area (Å²) in [5, 5.41) is 8.61. The summed E-state index contributed by atoms with van der Waals surface area (Å²) in [5.74, 6) is -1.62. The van der Waals surface area contributed by atoms with Crippen molar-refractivity contribution in [3.05, 3.63) is 29.8 Å². The molecule has 1 N–H and O–H groups in total. The minimum absolute atomic E-state index is 0.154. The summed E-state index contributed by atoms with van der Waals surface area (Å²) in [6, 6.07) is 2.72. The van der Waals surface area contributed by atoms with Crippen LogP contribution in [0.2, 0.25) is 0 Å². The van der Waals surface area contributed by atoms with Crippen molar-refractivity contribution in [2.75, 3.05) is 11.6 Å². The Balaban J connectivity index is 3.06. The summed E-state index contributed by atoms with van der Waals surface area (Å²) in [6.45, 7) is -0.647. The first-order valence-electron chi connectivity index (χ1n) is 3.47. The first kappa shape index (κ1) is 9.60. The van der Waals surface area contributed by atoms with E-state index in [4.69, 9.17) is 5.11 Å². The first-order chi connectivity index (χ1) is 6.19. The Kier molecular flexibility index (Phi) is 2.92. The highest BCUT2D eigenvalue weighted by Gasteiger charge is 2.09. The molecule has 0 heterocycles. The topological polar surface area (TPSA) is 40.5 Å². The quantitative estimate of drug-likeness (QED) is 0.563. The van der Waals surface area contributed by atoms with Gasteiger partial charge in [-0.15, -0.1) is 0 Å². The van der Waals surface area contributed by atoms with Crippen LogP contribution in [0.1, 0.15) is 0 Å². The molecule has 5 heteroatoms. The molecule has 0 saturated heterocycles. The minimum atomic E-state index is -0.888. The van der Waals surface area contributed by atoms with Crippen LogP contribution in [-0.2, 0) is 4.79 Å². The van der Waals surface area contributed by atoms with Gasteiger partial charge in [0.25, 0.3) is 0 Å². The molecule has 0 aliphatic rings. The lowest BCUT2D eigenvalue weighted by Crippen LogP contribution is -2.22. The van der Waals surface area contributed by atoms with Crippen LogP contribution in [0.3, 0.4) is 0 Å². The lowest BCUT2D eigenvalue weighted by atomic mass is 10.3. The molecule has 1 amide bonds. The highest BCUT2D eigenvalue weighted by Crippen LogP contribution is 2.18. The van der Waals surface area contributed by atoms with E-state index in [1.807, 2.05) is 0 Å². The van der Waals surface area contributed by atoms with E-state index in [0.29, 0.717) is 6.07 Å². The van der Waals surface area contributed by atoms with E-state index < -0.39 is 18.4 Å². The van der Waals surface area contributed by atoms with Crippen LogP contribution >= 0.6 is 0 Å². The fraction of sp³-hybridized carbons (Fsp3) is 0.125. The van der Waals surface area contributed by atoms with Gasteiger partial charge in [-0.2, -0.15) is 0 Å². The third-order valence-corrected chi connectivity index (χ3v) is 1.50. The van der Waals surface area contributed by atoms with Crippen LogP contribution < -0.4 is 4.90 Å². The SMILES string of the molecule is O=CN(CO)c1ccc(F)cc1F.